The molecule has 2 heterocycles. The minimum atomic E-state index is 0.193. The van der Waals surface area contributed by atoms with Crippen molar-refractivity contribution in [1.29, 1.82) is 0 Å². The van der Waals surface area contributed by atoms with E-state index in [1.54, 1.807) is 12.3 Å². The predicted octanol–water partition coefficient (Wildman–Crippen LogP) is 3.73. The first-order chi connectivity index (χ1) is 14.1. The van der Waals surface area contributed by atoms with Crippen molar-refractivity contribution in [3.8, 4) is 16.9 Å². The van der Waals surface area contributed by atoms with Crippen LogP contribution in [-0.4, -0.2) is 21.6 Å². The third-order valence-corrected chi connectivity index (χ3v) is 5.56. The third kappa shape index (κ3) is 2.99. The number of aromatic nitrogens is 2. The van der Waals surface area contributed by atoms with E-state index in [2.05, 4.69) is 33.1 Å². The Balaban J connectivity index is 1.50. The molecule has 0 saturated carbocycles. The van der Waals surface area contributed by atoms with Gasteiger partial charge in [-0.05, 0) is 46.7 Å². The highest BCUT2D eigenvalue weighted by atomic mass is 16.3. The molecule has 1 aromatic heterocycles. The van der Waals surface area contributed by atoms with Crippen LogP contribution in [0.15, 0.2) is 60.8 Å². The number of nitrogen functional groups attached to an aromatic ring is 2. The highest BCUT2D eigenvalue weighted by molar-refractivity contribution is 6.00. The summed E-state index contributed by atoms with van der Waals surface area (Å²) in [6.07, 6.45) is 2.67. The number of hydrogen-bond donors (Lipinski definition) is 3. The fraction of sp³-hybridized carbons (Fsp3) is 0.130. The SMILES string of the molecule is Nc1ncc(CN2CCc3cc(-c4ccc(O)c5ccccc45)ccc32)c(N)n1. The van der Waals surface area contributed by atoms with Crippen molar-refractivity contribution in [2.45, 2.75) is 13.0 Å². The number of nitrogens with zero attached hydrogens (tertiary/aromatic N) is 3. The van der Waals surface area contributed by atoms with Crippen molar-refractivity contribution < 1.29 is 5.11 Å². The first-order valence-corrected chi connectivity index (χ1v) is 9.56. The van der Waals surface area contributed by atoms with Crippen molar-refractivity contribution in [2.24, 2.45) is 0 Å². The van der Waals surface area contributed by atoms with Crippen LogP contribution in [0.5, 0.6) is 5.75 Å². The van der Waals surface area contributed by atoms with Gasteiger partial charge in [0.1, 0.15) is 11.6 Å². The summed E-state index contributed by atoms with van der Waals surface area (Å²) in [6.45, 7) is 1.57. The van der Waals surface area contributed by atoms with Crippen LogP contribution in [0.25, 0.3) is 21.9 Å². The van der Waals surface area contributed by atoms with Gasteiger partial charge in [0.2, 0.25) is 5.95 Å². The van der Waals surface area contributed by atoms with Gasteiger partial charge in [0, 0.05) is 35.9 Å². The summed E-state index contributed by atoms with van der Waals surface area (Å²) in [5, 5.41) is 12.1. The number of aromatic hydroxyl groups is 1. The van der Waals surface area contributed by atoms with E-state index >= 15 is 0 Å². The average molecular weight is 383 g/mol. The summed E-state index contributed by atoms with van der Waals surface area (Å²) in [5.41, 5.74) is 17.3. The summed E-state index contributed by atoms with van der Waals surface area (Å²) in [6, 6.07) is 18.2. The van der Waals surface area contributed by atoms with E-state index < -0.39 is 0 Å². The Kier molecular flexibility index (Phi) is 3.98. The van der Waals surface area contributed by atoms with E-state index in [0.717, 1.165) is 40.4 Å². The van der Waals surface area contributed by atoms with Gasteiger partial charge in [0.25, 0.3) is 0 Å². The van der Waals surface area contributed by atoms with E-state index in [1.807, 2.05) is 30.3 Å². The zero-order valence-electron chi connectivity index (χ0n) is 15.8. The smallest absolute Gasteiger partial charge is 0.221 e. The Morgan fingerprint density at radius 1 is 1.00 bits per heavy atom. The van der Waals surface area contributed by atoms with Crippen LogP contribution in [0, 0.1) is 0 Å². The lowest BCUT2D eigenvalue weighted by Gasteiger charge is -2.20. The van der Waals surface area contributed by atoms with E-state index in [9.17, 15) is 5.11 Å². The number of phenols is 1. The number of hydrogen-bond acceptors (Lipinski definition) is 6. The molecule has 144 valence electrons. The molecule has 4 aromatic rings. The van der Waals surface area contributed by atoms with Crippen LogP contribution in [0.3, 0.4) is 0 Å². The molecule has 0 aliphatic carbocycles. The molecule has 0 fully saturated rings. The molecule has 0 atom stereocenters. The highest BCUT2D eigenvalue weighted by Crippen LogP contribution is 2.37. The van der Waals surface area contributed by atoms with E-state index in [4.69, 9.17) is 11.5 Å². The van der Waals surface area contributed by atoms with Gasteiger partial charge in [-0.1, -0.05) is 36.4 Å². The summed E-state index contributed by atoms with van der Waals surface area (Å²) >= 11 is 0. The maximum atomic E-state index is 10.2. The molecule has 0 unspecified atom stereocenters. The Morgan fingerprint density at radius 2 is 1.83 bits per heavy atom. The summed E-state index contributed by atoms with van der Waals surface area (Å²) in [7, 11) is 0. The number of rotatable bonds is 3. The second-order valence-electron chi connectivity index (χ2n) is 7.33. The Hall–Kier alpha value is -3.80. The zero-order valence-corrected chi connectivity index (χ0v) is 15.8. The van der Waals surface area contributed by atoms with Crippen molar-refractivity contribution in [1.82, 2.24) is 9.97 Å². The summed E-state index contributed by atoms with van der Waals surface area (Å²) in [4.78, 5) is 10.4. The van der Waals surface area contributed by atoms with E-state index in [0.29, 0.717) is 18.1 Å². The molecular formula is C23H21N5O. The molecule has 6 heteroatoms. The molecule has 5 rings (SSSR count). The molecule has 0 saturated heterocycles. The summed E-state index contributed by atoms with van der Waals surface area (Å²) < 4.78 is 0. The molecule has 1 aliphatic rings. The van der Waals surface area contributed by atoms with Gasteiger partial charge in [-0.15, -0.1) is 0 Å². The molecular weight excluding hydrogens is 362 g/mol. The quantitative estimate of drug-likeness (QED) is 0.498. The number of benzene rings is 3. The van der Waals surface area contributed by atoms with Gasteiger partial charge < -0.3 is 21.5 Å². The van der Waals surface area contributed by atoms with Crippen LogP contribution in [-0.2, 0) is 13.0 Å². The fourth-order valence-electron chi connectivity index (χ4n) is 4.10. The maximum absolute atomic E-state index is 10.2. The van der Waals surface area contributed by atoms with Gasteiger partial charge in [-0.3, -0.25) is 0 Å². The minimum absolute atomic E-state index is 0.193. The number of fused-ring (bicyclic) bond motifs is 2. The number of phenolic OH excluding ortho intramolecular Hbond substituents is 1. The Labute approximate surface area is 168 Å². The molecule has 0 amide bonds. The van der Waals surface area contributed by atoms with Crippen LogP contribution in [0.2, 0.25) is 0 Å². The predicted molar refractivity (Wildman–Crippen MR) is 117 cm³/mol. The first kappa shape index (κ1) is 17.3. The van der Waals surface area contributed by atoms with Crippen molar-refractivity contribution in [3.05, 3.63) is 71.9 Å². The second-order valence-corrected chi connectivity index (χ2v) is 7.33. The molecule has 0 radical (unpaired) electrons. The van der Waals surface area contributed by atoms with Gasteiger partial charge in [0.15, 0.2) is 0 Å². The van der Waals surface area contributed by atoms with Crippen molar-refractivity contribution in [2.75, 3.05) is 22.9 Å². The largest absolute Gasteiger partial charge is 0.507 e. The lowest BCUT2D eigenvalue weighted by atomic mass is 9.96. The second kappa shape index (κ2) is 6.67. The van der Waals surface area contributed by atoms with Gasteiger partial charge in [-0.2, -0.15) is 4.98 Å². The molecule has 5 N–H and O–H groups in total. The normalized spacial score (nSPS) is 13.0. The van der Waals surface area contributed by atoms with Crippen LogP contribution in [0.1, 0.15) is 11.1 Å². The number of nitrogens with two attached hydrogens (primary N) is 2. The topological polar surface area (TPSA) is 101 Å². The zero-order chi connectivity index (χ0) is 20.0. The monoisotopic (exact) mass is 383 g/mol. The van der Waals surface area contributed by atoms with Gasteiger partial charge in [-0.25, -0.2) is 4.98 Å². The van der Waals surface area contributed by atoms with Gasteiger partial charge in [0.05, 0.1) is 0 Å². The Morgan fingerprint density at radius 3 is 2.66 bits per heavy atom. The van der Waals surface area contributed by atoms with E-state index in [1.165, 1.54) is 11.3 Å². The molecule has 6 nitrogen and oxygen atoms in total. The molecule has 29 heavy (non-hydrogen) atoms. The maximum Gasteiger partial charge on any atom is 0.221 e. The standard InChI is InChI=1S/C23H21N5O/c24-22-16(12-26-23(25)27-22)13-28-10-9-15-11-14(5-7-20(15)28)17-6-8-21(29)19-4-2-1-3-18(17)19/h1-8,11-12,29H,9-10,13H2,(H4,24,25,26,27). The average Bonchev–Trinajstić information content (AvgIpc) is 3.13. The summed E-state index contributed by atoms with van der Waals surface area (Å²) in [5.74, 6) is 0.928. The molecule has 1 aliphatic heterocycles. The van der Waals surface area contributed by atoms with Crippen molar-refractivity contribution >= 4 is 28.2 Å². The number of anilines is 3. The molecule has 3 aromatic carbocycles. The highest BCUT2D eigenvalue weighted by Gasteiger charge is 2.21. The fourth-order valence-corrected chi connectivity index (χ4v) is 4.10. The van der Waals surface area contributed by atoms with Gasteiger partial charge >= 0.3 is 0 Å². The lowest BCUT2D eigenvalue weighted by Crippen LogP contribution is -2.21. The van der Waals surface area contributed by atoms with Crippen molar-refractivity contribution in [3.63, 3.8) is 0 Å². The lowest BCUT2D eigenvalue weighted by molar-refractivity contribution is 0.481. The van der Waals surface area contributed by atoms with Crippen LogP contribution < -0.4 is 16.4 Å². The molecule has 0 bridgehead atoms. The first-order valence-electron chi connectivity index (χ1n) is 9.56. The minimum Gasteiger partial charge on any atom is -0.507 e. The van der Waals surface area contributed by atoms with E-state index in [-0.39, 0.29) is 5.95 Å². The van der Waals surface area contributed by atoms with Crippen LogP contribution in [0.4, 0.5) is 17.5 Å². The third-order valence-electron chi connectivity index (χ3n) is 5.56. The Bertz CT molecular complexity index is 1240. The van der Waals surface area contributed by atoms with Crippen LogP contribution >= 0.6 is 0 Å². The molecule has 0 spiro atoms.